The Morgan fingerprint density at radius 3 is 2.00 bits per heavy atom. The Hall–Kier alpha value is -3.24. The Morgan fingerprint density at radius 1 is 0.794 bits per heavy atom. The van der Waals surface area contributed by atoms with Crippen molar-refractivity contribution in [2.75, 3.05) is 36.9 Å². The molecule has 3 aromatic carbocycles. The number of sulfonamides is 1. The van der Waals surface area contributed by atoms with Crippen molar-refractivity contribution in [3.8, 4) is 0 Å². The van der Waals surface area contributed by atoms with Gasteiger partial charge in [0.1, 0.15) is 4.90 Å². The molecule has 1 saturated heterocycles. The first kappa shape index (κ1) is 23.9. The Morgan fingerprint density at radius 2 is 1.35 bits per heavy atom. The van der Waals surface area contributed by atoms with Crippen molar-refractivity contribution in [1.82, 2.24) is 4.31 Å². The van der Waals surface area contributed by atoms with Gasteiger partial charge in [-0.05, 0) is 54.6 Å². The fraction of sp³-hybridized carbons (Fsp3) is 0.167. The third kappa shape index (κ3) is 5.45. The van der Waals surface area contributed by atoms with Gasteiger partial charge in [0.15, 0.2) is 0 Å². The molecular formula is C24H22ClN3O5S. The summed E-state index contributed by atoms with van der Waals surface area (Å²) >= 11 is 6.17. The summed E-state index contributed by atoms with van der Waals surface area (Å²) < 4.78 is 32.5. The molecule has 0 unspecified atom stereocenters. The van der Waals surface area contributed by atoms with E-state index in [1.807, 2.05) is 6.07 Å². The third-order valence-electron chi connectivity index (χ3n) is 5.22. The number of hydrogen-bond donors (Lipinski definition) is 2. The number of rotatable bonds is 6. The van der Waals surface area contributed by atoms with Crippen LogP contribution in [0.1, 0.15) is 20.7 Å². The maximum absolute atomic E-state index is 13.0. The summed E-state index contributed by atoms with van der Waals surface area (Å²) in [6.07, 6.45) is 0. The van der Waals surface area contributed by atoms with Crippen LogP contribution in [0.2, 0.25) is 5.02 Å². The molecule has 10 heteroatoms. The number of halogens is 1. The number of morpholine rings is 1. The summed E-state index contributed by atoms with van der Waals surface area (Å²) in [5, 5.41) is 5.54. The van der Waals surface area contributed by atoms with Gasteiger partial charge in [0.2, 0.25) is 10.0 Å². The minimum atomic E-state index is -3.83. The number of hydrogen-bond acceptors (Lipinski definition) is 5. The van der Waals surface area contributed by atoms with E-state index in [9.17, 15) is 18.0 Å². The summed E-state index contributed by atoms with van der Waals surface area (Å²) in [4.78, 5) is 24.9. The van der Waals surface area contributed by atoms with Crippen LogP contribution < -0.4 is 10.6 Å². The molecular weight excluding hydrogens is 478 g/mol. The highest BCUT2D eigenvalue weighted by Gasteiger charge is 2.28. The van der Waals surface area contributed by atoms with E-state index in [2.05, 4.69) is 10.6 Å². The molecule has 2 N–H and O–H groups in total. The molecule has 176 valence electrons. The quantitative estimate of drug-likeness (QED) is 0.535. The first-order chi connectivity index (χ1) is 16.3. The Labute approximate surface area is 202 Å². The van der Waals surface area contributed by atoms with Crippen LogP contribution in [0.4, 0.5) is 11.4 Å². The average molecular weight is 500 g/mol. The van der Waals surface area contributed by atoms with Crippen molar-refractivity contribution in [1.29, 1.82) is 0 Å². The smallest absolute Gasteiger partial charge is 0.255 e. The molecule has 1 fully saturated rings. The van der Waals surface area contributed by atoms with Crippen LogP contribution in [-0.2, 0) is 14.8 Å². The van der Waals surface area contributed by atoms with Gasteiger partial charge < -0.3 is 15.4 Å². The molecule has 0 spiro atoms. The molecule has 3 aromatic rings. The van der Waals surface area contributed by atoms with Crippen LogP contribution in [0.15, 0.2) is 77.7 Å². The molecule has 4 rings (SSSR count). The van der Waals surface area contributed by atoms with Crippen molar-refractivity contribution in [2.45, 2.75) is 4.90 Å². The largest absolute Gasteiger partial charge is 0.379 e. The van der Waals surface area contributed by atoms with E-state index in [1.165, 1.54) is 22.5 Å². The highest BCUT2D eigenvalue weighted by Crippen LogP contribution is 2.28. The highest BCUT2D eigenvalue weighted by molar-refractivity contribution is 7.89. The van der Waals surface area contributed by atoms with Gasteiger partial charge in [0, 0.05) is 35.6 Å². The average Bonchev–Trinajstić information content (AvgIpc) is 2.86. The lowest BCUT2D eigenvalue weighted by Gasteiger charge is -2.26. The van der Waals surface area contributed by atoms with Crippen LogP contribution >= 0.6 is 11.6 Å². The second kappa shape index (κ2) is 10.4. The van der Waals surface area contributed by atoms with Crippen LogP contribution in [0.25, 0.3) is 0 Å². The molecule has 0 bridgehead atoms. The molecule has 1 heterocycles. The molecule has 0 aliphatic carbocycles. The van der Waals surface area contributed by atoms with E-state index in [0.717, 1.165) is 0 Å². The molecule has 1 aliphatic rings. The number of nitrogens with one attached hydrogen (secondary N) is 2. The normalized spacial score (nSPS) is 14.4. The zero-order valence-corrected chi connectivity index (χ0v) is 19.6. The number of carbonyl (C=O) groups is 2. The summed E-state index contributed by atoms with van der Waals surface area (Å²) in [5.74, 6) is -0.689. The summed E-state index contributed by atoms with van der Waals surface area (Å²) in [6, 6.07) is 19.5. The van der Waals surface area contributed by atoms with E-state index in [-0.39, 0.29) is 28.9 Å². The fourth-order valence-electron chi connectivity index (χ4n) is 3.41. The van der Waals surface area contributed by atoms with Crippen LogP contribution in [0.5, 0.6) is 0 Å². The van der Waals surface area contributed by atoms with Crippen molar-refractivity contribution >= 4 is 44.8 Å². The first-order valence-electron chi connectivity index (χ1n) is 10.5. The first-order valence-corrected chi connectivity index (χ1v) is 12.3. The summed E-state index contributed by atoms with van der Waals surface area (Å²) in [6.45, 7) is 1.11. The lowest BCUT2D eigenvalue weighted by molar-refractivity contribution is 0.0730. The monoisotopic (exact) mass is 499 g/mol. The predicted molar refractivity (Wildman–Crippen MR) is 130 cm³/mol. The van der Waals surface area contributed by atoms with E-state index in [0.29, 0.717) is 35.7 Å². The van der Waals surface area contributed by atoms with Crippen molar-refractivity contribution < 1.29 is 22.7 Å². The molecule has 0 atom stereocenters. The van der Waals surface area contributed by atoms with Gasteiger partial charge in [0.25, 0.3) is 11.8 Å². The number of benzene rings is 3. The van der Waals surface area contributed by atoms with Gasteiger partial charge in [-0.15, -0.1) is 0 Å². The van der Waals surface area contributed by atoms with Crippen molar-refractivity contribution in [2.24, 2.45) is 0 Å². The minimum absolute atomic E-state index is 0.0722. The van der Waals surface area contributed by atoms with E-state index >= 15 is 0 Å². The number of nitrogens with zero attached hydrogens (tertiary/aromatic N) is 1. The molecule has 8 nitrogen and oxygen atoms in total. The van der Waals surface area contributed by atoms with E-state index < -0.39 is 15.9 Å². The van der Waals surface area contributed by atoms with Crippen LogP contribution in [0, 0.1) is 0 Å². The second-order valence-corrected chi connectivity index (χ2v) is 9.83. The summed E-state index contributed by atoms with van der Waals surface area (Å²) in [5.41, 5.74) is 1.69. The predicted octanol–water partition coefficient (Wildman–Crippen LogP) is 3.87. The lowest BCUT2D eigenvalue weighted by Crippen LogP contribution is -2.40. The Balaban J connectivity index is 1.45. The molecule has 0 radical (unpaired) electrons. The standard InChI is InChI=1S/C24H22ClN3O5S/c25-21-11-10-20(16-22(21)34(31,32)28-12-14-33-15-13-28)27-24(30)18-6-8-19(9-7-18)26-23(29)17-4-2-1-3-5-17/h1-11,16H,12-15H2,(H,26,29)(H,27,30). The molecule has 0 saturated carbocycles. The van der Waals surface area contributed by atoms with Crippen molar-refractivity contribution in [3.63, 3.8) is 0 Å². The highest BCUT2D eigenvalue weighted by atomic mass is 35.5. The molecule has 1 aliphatic heterocycles. The van der Waals surface area contributed by atoms with Crippen LogP contribution in [-0.4, -0.2) is 50.8 Å². The van der Waals surface area contributed by atoms with Gasteiger partial charge in [-0.3, -0.25) is 9.59 Å². The number of amides is 2. The van der Waals surface area contributed by atoms with Gasteiger partial charge in [-0.2, -0.15) is 4.31 Å². The number of ether oxygens (including phenoxy) is 1. The zero-order chi connectivity index (χ0) is 24.1. The second-order valence-electron chi connectivity index (χ2n) is 7.51. The van der Waals surface area contributed by atoms with Crippen molar-refractivity contribution in [3.05, 3.63) is 88.9 Å². The van der Waals surface area contributed by atoms with Gasteiger partial charge >= 0.3 is 0 Å². The topological polar surface area (TPSA) is 105 Å². The maximum Gasteiger partial charge on any atom is 0.255 e. The fourth-order valence-corrected chi connectivity index (χ4v) is 5.31. The Kier molecular flexibility index (Phi) is 7.28. The zero-order valence-electron chi connectivity index (χ0n) is 18.0. The van der Waals surface area contributed by atoms with Gasteiger partial charge in [-0.25, -0.2) is 8.42 Å². The number of carbonyl (C=O) groups excluding carboxylic acids is 2. The third-order valence-corrected chi connectivity index (χ3v) is 7.60. The minimum Gasteiger partial charge on any atom is -0.379 e. The molecule has 2 amide bonds. The lowest BCUT2D eigenvalue weighted by atomic mass is 10.1. The summed E-state index contributed by atoms with van der Waals surface area (Å²) in [7, 11) is -3.83. The SMILES string of the molecule is O=C(Nc1ccc(C(=O)Nc2ccc(Cl)c(S(=O)(=O)N3CCOCC3)c2)cc1)c1ccccc1. The molecule has 0 aromatic heterocycles. The van der Waals surface area contributed by atoms with Gasteiger partial charge in [0.05, 0.1) is 18.2 Å². The van der Waals surface area contributed by atoms with E-state index in [4.69, 9.17) is 16.3 Å². The number of anilines is 2. The van der Waals surface area contributed by atoms with Gasteiger partial charge in [-0.1, -0.05) is 29.8 Å². The Bertz CT molecular complexity index is 1290. The van der Waals surface area contributed by atoms with E-state index in [1.54, 1.807) is 48.5 Å². The molecule has 34 heavy (non-hydrogen) atoms. The maximum atomic E-state index is 13.0. The van der Waals surface area contributed by atoms with Crippen LogP contribution in [0.3, 0.4) is 0 Å².